The minimum Gasteiger partial charge on any atom is -0.484 e. The topological polar surface area (TPSA) is 69.0 Å². The zero-order valence-corrected chi connectivity index (χ0v) is 20.3. The van der Waals surface area contributed by atoms with E-state index in [9.17, 15) is 4.79 Å². The summed E-state index contributed by atoms with van der Waals surface area (Å²) in [4.78, 5) is 13.7. The van der Waals surface area contributed by atoms with E-state index in [1.165, 1.54) is 11.8 Å². The van der Waals surface area contributed by atoms with Crippen LogP contribution in [0.3, 0.4) is 0 Å². The standard InChI is InChI=1S/C22H27ClN4O2S2/c1-4-16(5-2)27-20(14-29-19-11-7-6-10-18(19)23)25-26-22(27)31-15(3)21(28)24-13-17-9-8-12-30-17/h6-12,15-16H,4-5,13-14H2,1-3H3,(H,24,28). The maximum Gasteiger partial charge on any atom is 0.233 e. The Hall–Kier alpha value is -2.03. The molecule has 166 valence electrons. The molecule has 3 aromatic rings. The van der Waals surface area contributed by atoms with Crippen LogP contribution in [0.25, 0.3) is 0 Å². The predicted molar refractivity (Wildman–Crippen MR) is 127 cm³/mol. The highest BCUT2D eigenvalue weighted by Gasteiger charge is 2.23. The van der Waals surface area contributed by atoms with Crippen molar-refractivity contribution in [2.75, 3.05) is 0 Å². The smallest absolute Gasteiger partial charge is 0.233 e. The van der Waals surface area contributed by atoms with E-state index in [1.807, 2.05) is 42.6 Å². The van der Waals surface area contributed by atoms with Crippen molar-refractivity contribution in [3.8, 4) is 5.75 Å². The number of hydrogen-bond acceptors (Lipinski definition) is 6. The molecule has 0 saturated carbocycles. The number of thioether (sulfide) groups is 1. The lowest BCUT2D eigenvalue weighted by molar-refractivity contribution is -0.120. The van der Waals surface area contributed by atoms with Gasteiger partial charge in [-0.25, -0.2) is 0 Å². The molecule has 0 fully saturated rings. The summed E-state index contributed by atoms with van der Waals surface area (Å²) < 4.78 is 8.01. The first-order chi connectivity index (χ1) is 15.0. The summed E-state index contributed by atoms with van der Waals surface area (Å²) >= 11 is 9.26. The molecule has 2 heterocycles. The lowest BCUT2D eigenvalue weighted by Crippen LogP contribution is -2.30. The third-order valence-electron chi connectivity index (χ3n) is 4.90. The molecule has 9 heteroatoms. The van der Waals surface area contributed by atoms with Crippen LogP contribution in [-0.4, -0.2) is 25.9 Å². The van der Waals surface area contributed by atoms with Gasteiger partial charge >= 0.3 is 0 Å². The second kappa shape index (κ2) is 11.5. The normalized spacial score (nSPS) is 12.2. The third-order valence-corrected chi connectivity index (χ3v) is 7.15. The van der Waals surface area contributed by atoms with Crippen molar-refractivity contribution in [2.45, 2.75) is 63.2 Å². The van der Waals surface area contributed by atoms with Gasteiger partial charge in [0.25, 0.3) is 0 Å². The number of para-hydroxylation sites is 1. The van der Waals surface area contributed by atoms with Crippen LogP contribution in [0, 0.1) is 0 Å². The lowest BCUT2D eigenvalue weighted by atomic mass is 10.2. The molecule has 1 N–H and O–H groups in total. The zero-order valence-electron chi connectivity index (χ0n) is 17.9. The number of amides is 1. The molecule has 0 aliphatic rings. The number of ether oxygens (including phenoxy) is 1. The second-order valence-corrected chi connectivity index (χ2v) is 9.76. The lowest BCUT2D eigenvalue weighted by Gasteiger charge is -2.20. The van der Waals surface area contributed by atoms with Gasteiger partial charge in [0, 0.05) is 10.9 Å². The van der Waals surface area contributed by atoms with Crippen LogP contribution >= 0.6 is 34.7 Å². The highest BCUT2D eigenvalue weighted by Crippen LogP contribution is 2.30. The molecule has 31 heavy (non-hydrogen) atoms. The zero-order chi connectivity index (χ0) is 22.2. The van der Waals surface area contributed by atoms with Gasteiger partial charge in [-0.1, -0.05) is 55.4 Å². The van der Waals surface area contributed by atoms with Crippen LogP contribution < -0.4 is 10.1 Å². The minimum atomic E-state index is -0.297. The van der Waals surface area contributed by atoms with Gasteiger partial charge in [0.1, 0.15) is 12.4 Å². The van der Waals surface area contributed by atoms with Gasteiger partial charge in [-0.3, -0.25) is 4.79 Å². The van der Waals surface area contributed by atoms with Crippen molar-refractivity contribution in [2.24, 2.45) is 0 Å². The van der Waals surface area contributed by atoms with E-state index in [-0.39, 0.29) is 23.8 Å². The Morgan fingerprint density at radius 3 is 2.68 bits per heavy atom. The molecular weight excluding hydrogens is 452 g/mol. The van der Waals surface area contributed by atoms with E-state index in [0.717, 1.165) is 28.7 Å². The maximum atomic E-state index is 12.6. The Labute approximate surface area is 196 Å². The molecule has 3 rings (SSSR count). The summed E-state index contributed by atoms with van der Waals surface area (Å²) in [5.74, 6) is 1.31. The molecule has 1 amide bonds. The largest absolute Gasteiger partial charge is 0.484 e. The van der Waals surface area contributed by atoms with E-state index in [1.54, 1.807) is 17.4 Å². The van der Waals surface area contributed by atoms with Crippen molar-refractivity contribution in [1.82, 2.24) is 20.1 Å². The molecule has 1 atom stereocenters. The van der Waals surface area contributed by atoms with Gasteiger partial charge in [-0.2, -0.15) is 0 Å². The van der Waals surface area contributed by atoms with Crippen LogP contribution in [0.2, 0.25) is 5.02 Å². The van der Waals surface area contributed by atoms with Gasteiger partial charge in [-0.05, 0) is 43.3 Å². The van der Waals surface area contributed by atoms with Crippen LogP contribution in [0.5, 0.6) is 5.75 Å². The van der Waals surface area contributed by atoms with E-state index in [0.29, 0.717) is 17.3 Å². The minimum absolute atomic E-state index is 0.0219. The highest BCUT2D eigenvalue weighted by atomic mass is 35.5. The quantitative estimate of drug-likeness (QED) is 0.356. The summed E-state index contributed by atoms with van der Waals surface area (Å²) in [6, 6.07) is 11.6. The molecule has 0 bridgehead atoms. The second-order valence-electron chi connectivity index (χ2n) is 7.02. The first-order valence-electron chi connectivity index (χ1n) is 10.3. The summed E-state index contributed by atoms with van der Waals surface area (Å²) in [7, 11) is 0. The Bertz CT molecular complexity index is 974. The Morgan fingerprint density at radius 1 is 1.23 bits per heavy atom. The van der Waals surface area contributed by atoms with Crippen molar-refractivity contribution in [1.29, 1.82) is 0 Å². The van der Waals surface area contributed by atoms with Crippen molar-refractivity contribution >= 4 is 40.6 Å². The van der Waals surface area contributed by atoms with Crippen molar-refractivity contribution < 1.29 is 9.53 Å². The Morgan fingerprint density at radius 2 is 2.00 bits per heavy atom. The molecular formula is C22H27ClN4O2S2. The average Bonchev–Trinajstić information content (AvgIpc) is 3.43. The maximum absolute atomic E-state index is 12.6. The molecule has 0 aliphatic heterocycles. The Kier molecular flexibility index (Phi) is 8.80. The summed E-state index contributed by atoms with van der Waals surface area (Å²) in [5.41, 5.74) is 0. The van der Waals surface area contributed by atoms with Crippen molar-refractivity contribution in [3.63, 3.8) is 0 Å². The SMILES string of the molecule is CCC(CC)n1c(COc2ccccc2Cl)nnc1SC(C)C(=O)NCc1cccs1. The Balaban J connectivity index is 1.71. The van der Waals surface area contributed by atoms with Crippen LogP contribution in [0.1, 0.15) is 50.4 Å². The van der Waals surface area contributed by atoms with Crippen molar-refractivity contribution in [3.05, 3.63) is 57.5 Å². The fourth-order valence-electron chi connectivity index (χ4n) is 3.15. The van der Waals surface area contributed by atoms with Crippen LogP contribution in [0.4, 0.5) is 0 Å². The number of rotatable bonds is 11. The molecule has 2 aromatic heterocycles. The summed E-state index contributed by atoms with van der Waals surface area (Å²) in [5, 5.41) is 14.7. The number of nitrogens with zero attached hydrogens (tertiary/aromatic N) is 3. The van der Waals surface area contributed by atoms with E-state index < -0.39 is 0 Å². The summed E-state index contributed by atoms with van der Waals surface area (Å²) in [6.07, 6.45) is 1.86. The molecule has 1 unspecified atom stereocenters. The predicted octanol–water partition coefficient (Wildman–Crippen LogP) is 5.73. The number of hydrogen-bond donors (Lipinski definition) is 1. The number of nitrogens with one attached hydrogen (secondary N) is 1. The number of halogens is 1. The molecule has 0 aliphatic carbocycles. The van der Waals surface area contributed by atoms with E-state index in [2.05, 4.69) is 33.9 Å². The molecule has 6 nitrogen and oxygen atoms in total. The molecule has 0 saturated heterocycles. The number of thiophene rings is 1. The molecule has 0 spiro atoms. The average molecular weight is 479 g/mol. The van der Waals surface area contributed by atoms with Gasteiger partial charge in [0.2, 0.25) is 5.91 Å². The van der Waals surface area contributed by atoms with Gasteiger partial charge in [0.05, 0.1) is 16.8 Å². The number of aromatic nitrogens is 3. The van der Waals surface area contributed by atoms with Gasteiger partial charge in [0.15, 0.2) is 11.0 Å². The molecule has 0 radical (unpaired) electrons. The highest BCUT2D eigenvalue weighted by molar-refractivity contribution is 8.00. The van der Waals surface area contributed by atoms with Crippen LogP contribution in [0.15, 0.2) is 46.9 Å². The molecule has 1 aromatic carbocycles. The monoisotopic (exact) mass is 478 g/mol. The summed E-state index contributed by atoms with van der Waals surface area (Å²) in [6.45, 7) is 6.96. The number of carbonyl (C=O) groups is 1. The van der Waals surface area contributed by atoms with Gasteiger partial charge < -0.3 is 14.6 Å². The first kappa shape index (κ1) is 23.6. The van der Waals surface area contributed by atoms with Crippen LogP contribution in [-0.2, 0) is 17.9 Å². The first-order valence-corrected chi connectivity index (χ1v) is 12.4. The van der Waals surface area contributed by atoms with E-state index in [4.69, 9.17) is 16.3 Å². The fourth-order valence-corrected chi connectivity index (χ4v) is 4.95. The third kappa shape index (κ3) is 6.24. The van der Waals surface area contributed by atoms with E-state index >= 15 is 0 Å². The number of benzene rings is 1. The fraction of sp³-hybridized carbons (Fsp3) is 0.409. The number of carbonyl (C=O) groups excluding carboxylic acids is 1. The van der Waals surface area contributed by atoms with Gasteiger partial charge in [-0.15, -0.1) is 21.5 Å².